The van der Waals surface area contributed by atoms with Crippen LogP contribution in [0.1, 0.15) is 37.3 Å². The van der Waals surface area contributed by atoms with Crippen LogP contribution in [0.4, 0.5) is 0 Å². The van der Waals surface area contributed by atoms with Crippen molar-refractivity contribution in [2.24, 2.45) is 0 Å². The van der Waals surface area contributed by atoms with E-state index < -0.39 is 0 Å². The summed E-state index contributed by atoms with van der Waals surface area (Å²) in [4.78, 5) is 0. The predicted octanol–water partition coefficient (Wildman–Crippen LogP) is 2.78. The molecule has 0 atom stereocenters. The van der Waals surface area contributed by atoms with Gasteiger partial charge >= 0.3 is 0 Å². The lowest BCUT2D eigenvalue weighted by Gasteiger charge is -2.26. The van der Waals surface area contributed by atoms with E-state index in [0.717, 1.165) is 42.9 Å². The van der Waals surface area contributed by atoms with Crippen molar-refractivity contribution in [2.45, 2.75) is 32.7 Å². The summed E-state index contributed by atoms with van der Waals surface area (Å²) in [6.07, 6.45) is 11.9. The number of para-hydroxylation sites is 1. The summed E-state index contributed by atoms with van der Waals surface area (Å²) < 4.78 is 8.51. The number of allylic oxidation sites excluding steroid dienone is 3. The molecule has 0 amide bonds. The van der Waals surface area contributed by atoms with E-state index in [0.29, 0.717) is 0 Å². The molecule has 0 saturated carbocycles. The molecule has 2 heterocycles. The number of aryl methyl sites for hydroxylation is 1. The van der Waals surface area contributed by atoms with Gasteiger partial charge in [0.2, 0.25) is 5.52 Å². The van der Waals surface area contributed by atoms with Crippen LogP contribution in [0.25, 0.3) is 23.1 Å². The minimum atomic E-state index is 0. The monoisotopic (exact) mass is 509 g/mol. The number of aromatic hydroxyl groups is 1. The van der Waals surface area contributed by atoms with E-state index in [-0.39, 0.29) is 29.7 Å². The maximum atomic E-state index is 9.81. The van der Waals surface area contributed by atoms with Gasteiger partial charge in [-0.1, -0.05) is 24.3 Å². The topological polar surface area (TPSA) is 33.3 Å². The van der Waals surface area contributed by atoms with E-state index in [1.165, 1.54) is 27.6 Å². The molecule has 0 saturated heterocycles. The van der Waals surface area contributed by atoms with Gasteiger partial charge in [-0.3, -0.25) is 0 Å². The number of pyridine rings is 1. The second kappa shape index (κ2) is 8.64. The summed E-state index contributed by atoms with van der Waals surface area (Å²) in [6.45, 7) is 3.12. The number of hydrogen-bond donors (Lipinski definition) is 1. The molecule has 0 fully saturated rings. The van der Waals surface area contributed by atoms with Crippen LogP contribution >= 0.6 is 0 Å². The van der Waals surface area contributed by atoms with Crippen molar-refractivity contribution < 1.29 is 38.4 Å². The molecule has 0 unspecified atom stereocenters. The molecule has 1 N–H and O–H groups in total. The van der Waals surface area contributed by atoms with E-state index in [9.17, 15) is 5.11 Å². The van der Waals surface area contributed by atoms with Gasteiger partial charge in [-0.2, -0.15) is 4.57 Å². The van der Waals surface area contributed by atoms with Gasteiger partial charge in [0.15, 0.2) is 6.20 Å². The van der Waals surface area contributed by atoms with Crippen LogP contribution in [0.2, 0.25) is 0 Å². The molecule has 3 nitrogen and oxygen atoms in total. The molecule has 4 heteroatoms. The Bertz CT molecular complexity index is 1210. The molecular formula is C26H24INO2. The van der Waals surface area contributed by atoms with Crippen LogP contribution in [-0.2, 0) is 6.54 Å². The van der Waals surface area contributed by atoms with Crippen LogP contribution in [0, 0.1) is 0 Å². The number of fused-ring (bicyclic) bond motifs is 3. The van der Waals surface area contributed by atoms with E-state index >= 15 is 0 Å². The number of halogens is 1. The summed E-state index contributed by atoms with van der Waals surface area (Å²) in [5, 5.41) is 11.1. The zero-order valence-corrected chi connectivity index (χ0v) is 19.1. The number of nitrogens with zero attached hydrogens (tertiary/aromatic N) is 1. The third-order valence-electron chi connectivity index (χ3n) is 5.78. The predicted molar refractivity (Wildman–Crippen MR) is 116 cm³/mol. The van der Waals surface area contributed by atoms with Gasteiger partial charge in [-0.05, 0) is 67.2 Å². The van der Waals surface area contributed by atoms with Crippen molar-refractivity contribution in [2.75, 3.05) is 0 Å². The minimum absolute atomic E-state index is 0. The maximum absolute atomic E-state index is 9.81. The molecule has 1 aromatic heterocycles. The Morgan fingerprint density at radius 3 is 2.80 bits per heavy atom. The van der Waals surface area contributed by atoms with Gasteiger partial charge in [0.1, 0.15) is 23.8 Å². The van der Waals surface area contributed by atoms with Crippen molar-refractivity contribution in [3.8, 4) is 11.5 Å². The highest BCUT2D eigenvalue weighted by molar-refractivity contribution is 5.86. The van der Waals surface area contributed by atoms with Gasteiger partial charge in [-0.15, -0.1) is 0 Å². The van der Waals surface area contributed by atoms with Crippen LogP contribution in [0.15, 0.2) is 77.7 Å². The van der Waals surface area contributed by atoms with Gasteiger partial charge in [0.25, 0.3) is 0 Å². The number of phenolic OH excluding ortho intramolecular Hbond substituents is 1. The Balaban J connectivity index is 0.00000218. The van der Waals surface area contributed by atoms with Crippen LogP contribution in [0.3, 0.4) is 0 Å². The van der Waals surface area contributed by atoms with E-state index in [1.54, 1.807) is 12.1 Å². The molecule has 30 heavy (non-hydrogen) atoms. The largest absolute Gasteiger partial charge is 1.00 e. The Morgan fingerprint density at radius 2 is 1.93 bits per heavy atom. The van der Waals surface area contributed by atoms with Gasteiger partial charge in [0.05, 0.1) is 5.39 Å². The Morgan fingerprint density at radius 1 is 1.07 bits per heavy atom. The third-order valence-corrected chi connectivity index (χ3v) is 5.78. The lowest BCUT2D eigenvalue weighted by Crippen LogP contribution is -3.00. The van der Waals surface area contributed by atoms with Crippen LogP contribution in [-0.4, -0.2) is 5.11 Å². The lowest BCUT2D eigenvalue weighted by atomic mass is 9.89. The molecule has 0 spiro atoms. The fourth-order valence-corrected chi connectivity index (χ4v) is 4.28. The average Bonchev–Trinajstić information content (AvgIpc) is 2.76. The summed E-state index contributed by atoms with van der Waals surface area (Å²) >= 11 is 0. The van der Waals surface area contributed by atoms with Gasteiger partial charge < -0.3 is 33.8 Å². The second-order valence-electron chi connectivity index (χ2n) is 7.61. The summed E-state index contributed by atoms with van der Waals surface area (Å²) in [5.41, 5.74) is 5.95. The first kappa shape index (κ1) is 20.7. The average molecular weight is 509 g/mol. The van der Waals surface area contributed by atoms with Gasteiger partial charge in [-0.25, -0.2) is 0 Å². The van der Waals surface area contributed by atoms with Crippen molar-refractivity contribution in [1.82, 2.24) is 0 Å². The molecule has 0 bridgehead atoms. The molecule has 3 aromatic rings. The Labute approximate surface area is 194 Å². The molecule has 152 valence electrons. The molecule has 5 rings (SSSR count). The van der Waals surface area contributed by atoms with E-state index in [4.69, 9.17) is 4.74 Å². The Kier molecular flexibility index (Phi) is 5.95. The normalized spacial score (nSPS) is 15.3. The highest BCUT2D eigenvalue weighted by Gasteiger charge is 2.23. The van der Waals surface area contributed by atoms with Gasteiger partial charge in [0, 0.05) is 23.8 Å². The van der Waals surface area contributed by atoms with Crippen molar-refractivity contribution in [3.63, 3.8) is 0 Å². The lowest BCUT2D eigenvalue weighted by molar-refractivity contribution is -0.667. The molecule has 1 aliphatic carbocycles. The smallest absolute Gasteiger partial charge is 0.213 e. The molecular weight excluding hydrogens is 485 g/mol. The molecule has 1 aliphatic heterocycles. The summed E-state index contributed by atoms with van der Waals surface area (Å²) in [7, 11) is 0. The van der Waals surface area contributed by atoms with E-state index in [2.05, 4.69) is 66.2 Å². The maximum Gasteiger partial charge on any atom is 0.213 e. The number of phenols is 1. The van der Waals surface area contributed by atoms with Crippen LogP contribution in [0.5, 0.6) is 11.5 Å². The molecule has 2 aromatic carbocycles. The molecule has 0 radical (unpaired) electrons. The highest BCUT2D eigenvalue weighted by Crippen LogP contribution is 2.40. The number of ether oxygens (including phenoxy) is 1. The minimum Gasteiger partial charge on any atom is -1.00 e. The zero-order chi connectivity index (χ0) is 19.8. The van der Waals surface area contributed by atoms with Crippen molar-refractivity contribution in [1.29, 1.82) is 0 Å². The first-order valence-corrected chi connectivity index (χ1v) is 10.3. The fraction of sp³-hybridized carbons (Fsp3) is 0.192. The zero-order valence-electron chi connectivity index (χ0n) is 16.9. The fourth-order valence-electron chi connectivity index (χ4n) is 4.28. The molecule has 2 aliphatic rings. The SMILES string of the molecule is CC[n+]1ccc(/C=C/C2=C3Oc4cc(O)ccc4C=C3CCC2)c2ccccc21.[I-]. The standard InChI is InChI=1S/C26H23NO2.HI/c1-2-27-15-14-18(23-8-3-4-9-24(23)27)10-11-19-6-5-7-21-16-20-12-13-22(28)17-25(20)29-26(19)21;/h3-4,8-17H,2,5-7H2,1H3;1H. The van der Waals surface area contributed by atoms with Crippen molar-refractivity contribution in [3.05, 3.63) is 88.8 Å². The number of benzene rings is 2. The summed E-state index contributed by atoms with van der Waals surface area (Å²) in [6, 6.07) is 16.0. The Hall–Kier alpha value is -2.60. The van der Waals surface area contributed by atoms with Crippen LogP contribution < -0.4 is 33.3 Å². The first-order chi connectivity index (χ1) is 14.2. The number of hydrogen-bond acceptors (Lipinski definition) is 2. The number of aromatic nitrogens is 1. The van der Waals surface area contributed by atoms with E-state index in [1.807, 2.05) is 6.07 Å². The second-order valence-corrected chi connectivity index (χ2v) is 7.61. The first-order valence-electron chi connectivity index (χ1n) is 10.3. The third kappa shape index (κ3) is 3.76. The van der Waals surface area contributed by atoms with Crippen molar-refractivity contribution >= 4 is 23.1 Å². The highest BCUT2D eigenvalue weighted by atomic mass is 127. The number of rotatable bonds is 3. The summed E-state index contributed by atoms with van der Waals surface area (Å²) in [5.74, 6) is 1.91. The quantitative estimate of drug-likeness (QED) is 0.436.